The maximum absolute atomic E-state index is 6.13. The first-order valence-electron chi connectivity index (χ1n) is 8.63. The Morgan fingerprint density at radius 1 is 1.15 bits per heavy atom. The summed E-state index contributed by atoms with van der Waals surface area (Å²) >= 11 is 9.50. The molecule has 6 heteroatoms. The van der Waals surface area contributed by atoms with Crippen molar-refractivity contribution < 1.29 is 0 Å². The molecule has 1 aliphatic carbocycles. The number of halogens is 1. The minimum Gasteiger partial charge on any atom is -0.236 e. The maximum Gasteiger partial charge on any atom is 0.170 e. The van der Waals surface area contributed by atoms with Gasteiger partial charge in [0.25, 0.3) is 0 Å². The fourth-order valence-corrected chi connectivity index (χ4v) is 5.15. The minimum absolute atomic E-state index is 0.754. The lowest BCUT2D eigenvalue weighted by molar-refractivity contribution is 0.700. The standard InChI is InChI=1S/C18H18ClN3S2.C2H4/c1-23-18-16(24-14-8-5-7-13(19)10-14)17-20-11-12-6-3-2-4-9-15(12)22(17)21-18;1-2/h5,7-8,10-11H,2-4,6,9H2,1H3;1-2H2. The Morgan fingerprint density at radius 2 is 1.96 bits per heavy atom. The van der Waals surface area contributed by atoms with Gasteiger partial charge in [-0.15, -0.1) is 24.9 Å². The average molecular weight is 404 g/mol. The van der Waals surface area contributed by atoms with Gasteiger partial charge in [-0.3, -0.25) is 0 Å². The van der Waals surface area contributed by atoms with Gasteiger partial charge in [0, 0.05) is 21.8 Å². The van der Waals surface area contributed by atoms with Gasteiger partial charge < -0.3 is 0 Å². The molecule has 0 bridgehead atoms. The third-order valence-corrected chi connectivity index (χ3v) is 6.43. The van der Waals surface area contributed by atoms with E-state index in [0.717, 1.165) is 38.3 Å². The third kappa shape index (κ3) is 3.95. The van der Waals surface area contributed by atoms with E-state index in [-0.39, 0.29) is 0 Å². The molecule has 0 unspecified atom stereocenters. The van der Waals surface area contributed by atoms with Gasteiger partial charge in [0.15, 0.2) is 5.65 Å². The Balaban J connectivity index is 0.000000948. The molecule has 4 rings (SSSR count). The minimum atomic E-state index is 0.754. The molecule has 136 valence electrons. The van der Waals surface area contributed by atoms with E-state index >= 15 is 0 Å². The normalized spacial score (nSPS) is 13.6. The summed E-state index contributed by atoms with van der Waals surface area (Å²) in [5.41, 5.74) is 3.66. The second kappa shape index (κ2) is 8.98. The van der Waals surface area contributed by atoms with Crippen LogP contribution >= 0.6 is 35.1 Å². The van der Waals surface area contributed by atoms with Gasteiger partial charge in [-0.25, -0.2) is 9.50 Å². The predicted molar refractivity (Wildman–Crippen MR) is 113 cm³/mol. The fourth-order valence-electron chi connectivity index (χ4n) is 3.16. The van der Waals surface area contributed by atoms with E-state index in [1.807, 2.05) is 18.2 Å². The number of nitrogens with zero attached hydrogens (tertiary/aromatic N) is 3. The molecule has 0 saturated carbocycles. The van der Waals surface area contributed by atoms with Crippen molar-refractivity contribution in [3.8, 4) is 0 Å². The highest BCUT2D eigenvalue weighted by atomic mass is 35.5. The van der Waals surface area contributed by atoms with Gasteiger partial charge in [-0.1, -0.05) is 35.9 Å². The van der Waals surface area contributed by atoms with Gasteiger partial charge in [0.05, 0.1) is 4.90 Å². The Morgan fingerprint density at radius 3 is 2.73 bits per heavy atom. The zero-order valence-corrected chi connectivity index (χ0v) is 17.3. The molecule has 1 aromatic carbocycles. The zero-order chi connectivity index (χ0) is 18.5. The van der Waals surface area contributed by atoms with Gasteiger partial charge in [-0.05, 0) is 55.7 Å². The lowest BCUT2D eigenvalue weighted by atomic mass is 10.1. The van der Waals surface area contributed by atoms with Gasteiger partial charge >= 0.3 is 0 Å². The molecule has 1 aliphatic rings. The summed E-state index contributed by atoms with van der Waals surface area (Å²) in [5.74, 6) is 0. The number of aromatic nitrogens is 3. The first kappa shape index (κ1) is 19.3. The zero-order valence-electron chi connectivity index (χ0n) is 14.9. The van der Waals surface area contributed by atoms with Gasteiger partial charge in [0.2, 0.25) is 0 Å². The Hall–Kier alpha value is -1.43. The summed E-state index contributed by atoms with van der Waals surface area (Å²) in [6, 6.07) is 7.95. The van der Waals surface area contributed by atoms with Crippen LogP contribution in [0.25, 0.3) is 5.65 Å². The molecule has 0 atom stereocenters. The second-order valence-electron chi connectivity index (χ2n) is 5.92. The molecule has 0 saturated heterocycles. The van der Waals surface area contributed by atoms with Crippen LogP contribution in [0.1, 0.15) is 30.5 Å². The first-order valence-corrected chi connectivity index (χ1v) is 11.0. The van der Waals surface area contributed by atoms with Crippen LogP contribution in [0, 0.1) is 0 Å². The van der Waals surface area contributed by atoms with Crippen LogP contribution in [0.5, 0.6) is 0 Å². The lowest BCUT2D eigenvalue weighted by Crippen LogP contribution is -2.04. The molecule has 0 aliphatic heterocycles. The van der Waals surface area contributed by atoms with Crippen molar-refractivity contribution in [3.63, 3.8) is 0 Å². The van der Waals surface area contributed by atoms with Crippen molar-refractivity contribution >= 4 is 40.8 Å². The number of benzene rings is 1. The van der Waals surface area contributed by atoms with E-state index in [1.54, 1.807) is 23.5 Å². The smallest absolute Gasteiger partial charge is 0.170 e. The number of hydrogen-bond donors (Lipinski definition) is 0. The molecule has 3 aromatic rings. The molecule has 0 radical (unpaired) electrons. The molecule has 0 N–H and O–H groups in total. The van der Waals surface area contributed by atoms with Crippen molar-refractivity contribution in [1.82, 2.24) is 14.6 Å². The Labute approximate surface area is 168 Å². The van der Waals surface area contributed by atoms with E-state index in [2.05, 4.69) is 36.2 Å². The number of thioether (sulfide) groups is 1. The lowest BCUT2D eigenvalue weighted by Gasteiger charge is -2.07. The molecule has 2 aromatic heterocycles. The highest BCUT2D eigenvalue weighted by molar-refractivity contribution is 8.02. The molecular weight excluding hydrogens is 382 g/mol. The van der Waals surface area contributed by atoms with Crippen LogP contribution in [0.4, 0.5) is 0 Å². The maximum atomic E-state index is 6.13. The Kier molecular flexibility index (Phi) is 6.68. The number of rotatable bonds is 3. The molecule has 0 fully saturated rings. The van der Waals surface area contributed by atoms with Gasteiger partial charge in [0.1, 0.15) is 5.03 Å². The summed E-state index contributed by atoms with van der Waals surface area (Å²) < 4.78 is 2.08. The van der Waals surface area contributed by atoms with Crippen molar-refractivity contribution in [1.29, 1.82) is 0 Å². The number of hydrogen-bond acceptors (Lipinski definition) is 4. The summed E-state index contributed by atoms with van der Waals surface area (Å²) in [6.45, 7) is 6.00. The van der Waals surface area contributed by atoms with Crippen LogP contribution in [0.2, 0.25) is 5.02 Å². The van der Waals surface area contributed by atoms with Crippen molar-refractivity contribution in [2.75, 3.05) is 6.26 Å². The second-order valence-corrected chi connectivity index (χ2v) is 8.24. The van der Waals surface area contributed by atoms with Crippen molar-refractivity contribution in [2.24, 2.45) is 0 Å². The highest BCUT2D eigenvalue weighted by Crippen LogP contribution is 2.38. The first-order chi connectivity index (χ1) is 12.8. The molecule has 3 nitrogen and oxygen atoms in total. The SMILES string of the molecule is C=C.CSc1nn2c3c(cnc2c1Sc1cccc(Cl)c1)CCCCC3. The summed E-state index contributed by atoms with van der Waals surface area (Å²) in [6.07, 6.45) is 10.1. The highest BCUT2D eigenvalue weighted by Gasteiger charge is 2.20. The number of aryl methyl sites for hydroxylation is 2. The van der Waals surface area contributed by atoms with Gasteiger partial charge in [-0.2, -0.15) is 5.10 Å². The average Bonchev–Trinajstić information content (AvgIpc) is 2.85. The van der Waals surface area contributed by atoms with Crippen LogP contribution in [0.3, 0.4) is 0 Å². The third-order valence-electron chi connectivity index (χ3n) is 4.33. The van der Waals surface area contributed by atoms with Crippen LogP contribution < -0.4 is 0 Å². The van der Waals surface area contributed by atoms with E-state index in [0.29, 0.717) is 0 Å². The molecular formula is C20H22ClN3S2. The van der Waals surface area contributed by atoms with Crippen molar-refractivity contribution in [2.45, 2.75) is 46.9 Å². The quantitative estimate of drug-likeness (QED) is 0.290. The summed E-state index contributed by atoms with van der Waals surface area (Å²) in [7, 11) is 0. The summed E-state index contributed by atoms with van der Waals surface area (Å²) in [5, 5.41) is 6.65. The molecule has 0 spiro atoms. The molecule has 26 heavy (non-hydrogen) atoms. The van der Waals surface area contributed by atoms with E-state index in [1.165, 1.54) is 30.5 Å². The largest absolute Gasteiger partial charge is 0.236 e. The summed E-state index contributed by atoms with van der Waals surface area (Å²) in [4.78, 5) is 6.99. The van der Waals surface area contributed by atoms with Crippen LogP contribution in [-0.4, -0.2) is 20.9 Å². The van der Waals surface area contributed by atoms with Crippen LogP contribution in [0.15, 0.2) is 58.4 Å². The van der Waals surface area contributed by atoms with Crippen molar-refractivity contribution in [3.05, 3.63) is 59.9 Å². The monoisotopic (exact) mass is 403 g/mol. The van der Waals surface area contributed by atoms with E-state index < -0.39 is 0 Å². The fraction of sp³-hybridized carbons (Fsp3) is 0.300. The van der Waals surface area contributed by atoms with E-state index in [9.17, 15) is 0 Å². The number of fused-ring (bicyclic) bond motifs is 3. The predicted octanol–water partition coefficient (Wildman–Crippen LogP) is 6.33. The topological polar surface area (TPSA) is 30.2 Å². The van der Waals surface area contributed by atoms with E-state index in [4.69, 9.17) is 21.7 Å². The molecule has 0 amide bonds. The Bertz CT molecular complexity index is 907. The molecule has 2 heterocycles. The van der Waals surface area contributed by atoms with Crippen LogP contribution in [-0.2, 0) is 12.8 Å².